The fraction of sp³-hybridized carbons (Fsp3) is 0.444. The average Bonchev–Trinajstić information content (AvgIpc) is 2.89. The Kier molecular flexibility index (Phi) is 15.7. The maximum Gasteiger partial charge on any atom is 0.339 e. The number of rotatable bonds is 18. The lowest BCUT2D eigenvalue weighted by Crippen LogP contribution is -2.20. The van der Waals surface area contributed by atoms with Gasteiger partial charge in [-0.1, -0.05) is 25.3 Å². The van der Waals surface area contributed by atoms with Gasteiger partial charge in [-0.3, -0.25) is 0 Å². The molecular weight excluding hydrogens is 468 g/mol. The van der Waals surface area contributed by atoms with Crippen LogP contribution in [0.3, 0.4) is 0 Å². The van der Waals surface area contributed by atoms with Crippen molar-refractivity contribution in [2.24, 2.45) is 0 Å². The Morgan fingerprint density at radius 1 is 0.556 bits per heavy atom. The van der Waals surface area contributed by atoms with Crippen molar-refractivity contribution in [3.63, 3.8) is 0 Å². The highest BCUT2D eigenvalue weighted by molar-refractivity contribution is 6.10. The number of terminal acetylenes is 3. The summed E-state index contributed by atoms with van der Waals surface area (Å²) in [7, 11) is 0. The van der Waals surface area contributed by atoms with Gasteiger partial charge in [0.05, 0.1) is 36.5 Å². The number of hydrogen-bond acceptors (Lipinski definition) is 9. The molecule has 0 heterocycles. The third-order valence-electron chi connectivity index (χ3n) is 4.58. The first-order chi connectivity index (χ1) is 17.6. The lowest BCUT2D eigenvalue weighted by atomic mass is 10.0. The second kappa shape index (κ2) is 19.1. The Morgan fingerprint density at radius 3 is 1.25 bits per heavy atom. The van der Waals surface area contributed by atoms with Gasteiger partial charge in [-0.15, -0.1) is 0 Å². The number of esters is 3. The van der Waals surface area contributed by atoms with E-state index in [4.69, 9.17) is 47.7 Å². The summed E-state index contributed by atoms with van der Waals surface area (Å²) in [6.45, 7) is 1.15. The molecule has 0 saturated carbocycles. The summed E-state index contributed by atoms with van der Waals surface area (Å²) >= 11 is 0. The number of carbonyl (C=O) groups excluding carboxylic acids is 3. The van der Waals surface area contributed by atoms with Gasteiger partial charge in [-0.2, -0.15) is 0 Å². The van der Waals surface area contributed by atoms with E-state index in [0.717, 1.165) is 0 Å². The SMILES string of the molecule is C#COCCCCOC(=O)c1cccc(C(=O)OCCCCOC#C)c1C(=O)OCCCCOC#C. The van der Waals surface area contributed by atoms with Crippen molar-refractivity contribution < 1.29 is 42.8 Å². The minimum absolute atomic E-state index is 0.0367. The van der Waals surface area contributed by atoms with Crippen LogP contribution in [0, 0.1) is 37.6 Å². The van der Waals surface area contributed by atoms with Crippen molar-refractivity contribution in [2.75, 3.05) is 39.6 Å². The van der Waals surface area contributed by atoms with Crippen LogP contribution in [0.4, 0.5) is 0 Å². The zero-order chi connectivity index (χ0) is 26.4. The van der Waals surface area contributed by atoms with Crippen LogP contribution in [0.1, 0.15) is 69.6 Å². The van der Waals surface area contributed by atoms with Crippen LogP contribution >= 0.6 is 0 Å². The van der Waals surface area contributed by atoms with Gasteiger partial charge in [0.1, 0.15) is 38.1 Å². The Morgan fingerprint density at radius 2 is 0.889 bits per heavy atom. The molecule has 1 rings (SSSR count). The maximum absolute atomic E-state index is 12.9. The monoisotopic (exact) mass is 498 g/mol. The molecular formula is C27H30O9. The van der Waals surface area contributed by atoms with E-state index < -0.39 is 17.9 Å². The van der Waals surface area contributed by atoms with Crippen molar-refractivity contribution in [1.82, 2.24) is 0 Å². The molecule has 36 heavy (non-hydrogen) atoms. The fourth-order valence-electron chi connectivity index (χ4n) is 2.84. The minimum Gasteiger partial charge on any atom is -0.462 e. The summed E-state index contributed by atoms with van der Waals surface area (Å²) in [5.41, 5.74) is -0.432. The van der Waals surface area contributed by atoms with Crippen LogP contribution in [-0.4, -0.2) is 57.5 Å². The van der Waals surface area contributed by atoms with E-state index in [1.165, 1.54) is 18.2 Å². The van der Waals surface area contributed by atoms with Gasteiger partial charge in [0, 0.05) is 0 Å². The highest BCUT2D eigenvalue weighted by Gasteiger charge is 2.27. The Balaban J connectivity index is 2.90. The molecule has 0 fully saturated rings. The van der Waals surface area contributed by atoms with Crippen molar-refractivity contribution in [3.05, 3.63) is 34.9 Å². The van der Waals surface area contributed by atoms with Crippen molar-refractivity contribution in [2.45, 2.75) is 38.5 Å². The highest BCUT2D eigenvalue weighted by Crippen LogP contribution is 2.20. The zero-order valence-electron chi connectivity index (χ0n) is 20.1. The molecule has 0 saturated heterocycles. The summed E-state index contributed by atoms with van der Waals surface area (Å²) in [5, 5.41) is 0. The van der Waals surface area contributed by atoms with Gasteiger partial charge in [0.25, 0.3) is 0 Å². The number of unbranched alkanes of at least 4 members (excludes halogenated alkanes) is 3. The van der Waals surface area contributed by atoms with E-state index in [0.29, 0.717) is 58.3 Å². The first-order valence-corrected chi connectivity index (χ1v) is 11.4. The zero-order valence-corrected chi connectivity index (χ0v) is 20.1. The second-order valence-corrected chi connectivity index (χ2v) is 7.16. The quantitative estimate of drug-likeness (QED) is 0.130. The van der Waals surface area contributed by atoms with Gasteiger partial charge in [-0.25, -0.2) is 14.4 Å². The standard InChI is InChI=1S/C27H30O9/c1-4-31-16-7-10-19-34-25(28)22-14-13-15-23(26(29)35-20-11-8-17-32-5-2)24(22)27(30)36-21-12-9-18-33-6-3/h1-3,13-15H,7-12,16-21H2. The van der Waals surface area contributed by atoms with Crippen molar-refractivity contribution >= 4 is 17.9 Å². The van der Waals surface area contributed by atoms with E-state index in [9.17, 15) is 14.4 Å². The molecule has 0 N–H and O–H groups in total. The molecule has 0 aliphatic rings. The summed E-state index contributed by atoms with van der Waals surface area (Å²) in [6, 6.07) is 4.23. The molecule has 0 amide bonds. The van der Waals surface area contributed by atoms with Crippen LogP contribution in [-0.2, 0) is 28.4 Å². The highest BCUT2D eigenvalue weighted by atomic mass is 16.5. The van der Waals surface area contributed by atoms with Gasteiger partial charge in [-0.05, 0) is 50.7 Å². The number of hydrogen-bond donors (Lipinski definition) is 0. The molecule has 0 bridgehead atoms. The minimum atomic E-state index is -0.850. The molecule has 0 unspecified atom stereocenters. The van der Waals surface area contributed by atoms with Crippen LogP contribution in [0.2, 0.25) is 0 Å². The topological polar surface area (TPSA) is 107 Å². The molecule has 0 aromatic heterocycles. The number of carbonyl (C=O) groups is 3. The molecule has 1 aromatic rings. The molecule has 0 spiro atoms. The van der Waals surface area contributed by atoms with Gasteiger partial charge < -0.3 is 28.4 Å². The third kappa shape index (κ3) is 11.7. The van der Waals surface area contributed by atoms with Gasteiger partial charge in [0.2, 0.25) is 0 Å². The summed E-state index contributed by atoms with van der Waals surface area (Å²) < 4.78 is 30.2. The molecule has 0 atom stereocenters. The largest absolute Gasteiger partial charge is 0.462 e. The van der Waals surface area contributed by atoms with E-state index in [-0.39, 0.29) is 36.5 Å². The summed E-state index contributed by atoms with van der Waals surface area (Å²) in [4.78, 5) is 38.4. The van der Waals surface area contributed by atoms with Crippen LogP contribution in [0.15, 0.2) is 18.2 Å². The summed E-state index contributed by atoms with van der Waals surface area (Å²) in [6.07, 6.45) is 24.4. The Bertz CT molecular complexity index is 907. The van der Waals surface area contributed by atoms with E-state index in [2.05, 4.69) is 18.3 Å². The van der Waals surface area contributed by atoms with Crippen LogP contribution in [0.5, 0.6) is 0 Å². The fourth-order valence-corrected chi connectivity index (χ4v) is 2.84. The van der Waals surface area contributed by atoms with Crippen molar-refractivity contribution in [3.8, 4) is 37.6 Å². The molecule has 9 heteroatoms. The molecule has 1 aromatic carbocycles. The molecule has 0 radical (unpaired) electrons. The lowest BCUT2D eigenvalue weighted by molar-refractivity contribution is 0.0425. The van der Waals surface area contributed by atoms with Crippen LogP contribution in [0.25, 0.3) is 0 Å². The molecule has 0 aliphatic carbocycles. The Hall–Kier alpha value is -4.29. The molecule has 0 aliphatic heterocycles. The number of ether oxygens (including phenoxy) is 6. The summed E-state index contributed by atoms with van der Waals surface area (Å²) in [5.74, 6) is -2.40. The predicted molar refractivity (Wildman–Crippen MR) is 129 cm³/mol. The molecule has 9 nitrogen and oxygen atoms in total. The van der Waals surface area contributed by atoms with Gasteiger partial charge >= 0.3 is 17.9 Å². The number of benzene rings is 1. The maximum atomic E-state index is 12.9. The molecule has 192 valence electrons. The average molecular weight is 499 g/mol. The first-order valence-electron chi connectivity index (χ1n) is 11.4. The first kappa shape index (κ1) is 29.7. The predicted octanol–water partition coefficient (Wildman–Crippen LogP) is 3.32. The lowest BCUT2D eigenvalue weighted by Gasteiger charge is -2.14. The van der Waals surface area contributed by atoms with E-state index in [1.54, 1.807) is 0 Å². The Labute approximate surface area is 211 Å². The normalized spacial score (nSPS) is 9.58. The second-order valence-electron chi connectivity index (χ2n) is 7.16. The third-order valence-corrected chi connectivity index (χ3v) is 4.58. The smallest absolute Gasteiger partial charge is 0.339 e. The van der Waals surface area contributed by atoms with E-state index in [1.807, 2.05) is 0 Å². The van der Waals surface area contributed by atoms with Gasteiger partial charge in [0.15, 0.2) is 0 Å². The van der Waals surface area contributed by atoms with Crippen molar-refractivity contribution in [1.29, 1.82) is 0 Å². The van der Waals surface area contributed by atoms with Crippen LogP contribution < -0.4 is 0 Å². The van der Waals surface area contributed by atoms with E-state index >= 15 is 0 Å².